The van der Waals surface area contributed by atoms with E-state index in [2.05, 4.69) is 20.3 Å². The molecule has 1 fully saturated rings. The van der Waals surface area contributed by atoms with E-state index in [0.717, 1.165) is 46.7 Å². The number of hydrogen-bond acceptors (Lipinski definition) is 6. The number of pyridine rings is 1. The van der Waals surface area contributed by atoms with E-state index in [1.54, 1.807) is 35.3 Å². The average Bonchev–Trinajstić information content (AvgIpc) is 3.49. The van der Waals surface area contributed by atoms with Crippen LogP contribution in [-0.4, -0.2) is 45.2 Å². The molecule has 3 heterocycles. The van der Waals surface area contributed by atoms with Gasteiger partial charge >= 0.3 is 0 Å². The first kappa shape index (κ1) is 22.1. The minimum Gasteiger partial charge on any atom is -0.491 e. The number of nitrogens with one attached hydrogen (secondary N) is 1. The number of fused-ring (bicyclic) bond motifs is 3. The second-order valence-corrected chi connectivity index (χ2v) is 11.3. The molecule has 6 rings (SSSR count). The largest absolute Gasteiger partial charge is 0.491 e. The SMILES string of the molecule is O=S(=O)(c1cccc(-c2ccc(OCCCn3ccnn3)c3[nH]c4ncc(Cl)cc4c23)c1)C1CC1. The van der Waals surface area contributed by atoms with Gasteiger partial charge in [-0.3, -0.25) is 4.68 Å². The number of aromatic amines is 1. The molecule has 0 amide bonds. The number of hydrogen-bond donors (Lipinski definition) is 1. The Hall–Kier alpha value is -3.43. The summed E-state index contributed by atoms with van der Waals surface area (Å²) < 4.78 is 33.6. The lowest BCUT2D eigenvalue weighted by Gasteiger charge is -2.12. The fourth-order valence-corrected chi connectivity index (χ4v) is 6.23. The maximum atomic E-state index is 12.9. The summed E-state index contributed by atoms with van der Waals surface area (Å²) in [4.78, 5) is 8.18. The zero-order valence-electron chi connectivity index (χ0n) is 18.7. The number of H-pyrrole nitrogens is 1. The Labute approximate surface area is 206 Å². The van der Waals surface area contributed by atoms with E-state index in [9.17, 15) is 8.42 Å². The number of sulfone groups is 1. The number of aryl methyl sites for hydroxylation is 1. The second kappa shape index (κ2) is 8.66. The Morgan fingerprint density at radius 2 is 2.06 bits per heavy atom. The van der Waals surface area contributed by atoms with Gasteiger partial charge < -0.3 is 9.72 Å². The zero-order valence-corrected chi connectivity index (χ0v) is 20.3. The number of aromatic nitrogens is 5. The van der Waals surface area contributed by atoms with Crippen molar-refractivity contribution < 1.29 is 13.2 Å². The van der Waals surface area contributed by atoms with Crippen LogP contribution in [0.5, 0.6) is 5.75 Å². The van der Waals surface area contributed by atoms with E-state index < -0.39 is 9.84 Å². The van der Waals surface area contributed by atoms with E-state index in [0.29, 0.717) is 34.5 Å². The topological polar surface area (TPSA) is 103 Å². The third kappa shape index (κ3) is 4.15. The van der Waals surface area contributed by atoms with Gasteiger partial charge in [0.05, 0.1) is 33.5 Å². The molecule has 0 radical (unpaired) electrons. The standard InChI is InChI=1S/C25H22ClN5O3S/c26-17-14-21-23-20(16-3-1-4-19(13-16)35(32,33)18-5-6-18)7-8-22(24(23)29-25(21)27-15-17)34-12-2-10-31-11-9-28-30-31/h1,3-4,7-9,11,13-15,18H,2,5-6,10,12H2,(H,27,29). The molecule has 8 nitrogen and oxygen atoms in total. The van der Waals surface area contributed by atoms with E-state index in [1.165, 1.54) is 0 Å². The third-order valence-corrected chi connectivity index (χ3v) is 8.70. The highest BCUT2D eigenvalue weighted by molar-refractivity contribution is 7.92. The molecule has 35 heavy (non-hydrogen) atoms. The summed E-state index contributed by atoms with van der Waals surface area (Å²) in [5.74, 6) is 0.693. The van der Waals surface area contributed by atoms with Crippen molar-refractivity contribution in [1.29, 1.82) is 0 Å². The summed E-state index contributed by atoms with van der Waals surface area (Å²) in [5, 5.41) is 9.80. The minimum absolute atomic E-state index is 0.262. The maximum Gasteiger partial charge on any atom is 0.181 e. The van der Waals surface area contributed by atoms with Crippen LogP contribution >= 0.6 is 11.6 Å². The Morgan fingerprint density at radius 1 is 1.17 bits per heavy atom. The van der Waals surface area contributed by atoms with Crippen molar-refractivity contribution in [3.05, 3.63) is 66.1 Å². The summed E-state index contributed by atoms with van der Waals surface area (Å²) in [7, 11) is -3.30. The third-order valence-electron chi connectivity index (χ3n) is 6.23. The van der Waals surface area contributed by atoms with Crippen molar-refractivity contribution in [1.82, 2.24) is 25.0 Å². The van der Waals surface area contributed by atoms with Gasteiger partial charge in [-0.15, -0.1) is 5.10 Å². The van der Waals surface area contributed by atoms with Crippen molar-refractivity contribution in [2.45, 2.75) is 36.0 Å². The summed E-state index contributed by atoms with van der Waals surface area (Å²) in [6.07, 6.45) is 7.28. The molecule has 0 spiro atoms. The fourth-order valence-electron chi connectivity index (χ4n) is 4.37. The van der Waals surface area contributed by atoms with E-state index in [4.69, 9.17) is 16.3 Å². The van der Waals surface area contributed by atoms with Gasteiger partial charge in [0.1, 0.15) is 11.4 Å². The summed E-state index contributed by atoms with van der Waals surface area (Å²) in [5.41, 5.74) is 3.18. The quantitative estimate of drug-likeness (QED) is 0.295. The molecule has 10 heteroatoms. The molecule has 1 aliphatic rings. The van der Waals surface area contributed by atoms with Gasteiger partial charge in [-0.05, 0) is 54.3 Å². The van der Waals surface area contributed by atoms with Gasteiger partial charge in [0.2, 0.25) is 0 Å². The average molecular weight is 508 g/mol. The van der Waals surface area contributed by atoms with Gasteiger partial charge in [0.25, 0.3) is 0 Å². The van der Waals surface area contributed by atoms with Crippen LogP contribution in [0.2, 0.25) is 5.02 Å². The smallest absolute Gasteiger partial charge is 0.181 e. The molecule has 0 atom stereocenters. The lowest BCUT2D eigenvalue weighted by Crippen LogP contribution is -2.07. The highest BCUT2D eigenvalue weighted by atomic mass is 35.5. The number of ether oxygens (including phenoxy) is 1. The molecule has 3 aromatic heterocycles. The highest BCUT2D eigenvalue weighted by Gasteiger charge is 2.37. The Kier molecular flexibility index (Phi) is 5.46. The number of rotatable bonds is 8. The molecule has 1 saturated carbocycles. The highest BCUT2D eigenvalue weighted by Crippen LogP contribution is 2.41. The summed E-state index contributed by atoms with van der Waals surface area (Å²) >= 11 is 6.29. The lowest BCUT2D eigenvalue weighted by atomic mass is 9.99. The van der Waals surface area contributed by atoms with Crippen molar-refractivity contribution in [2.75, 3.05) is 6.61 Å². The molecule has 0 bridgehead atoms. The van der Waals surface area contributed by atoms with Crippen molar-refractivity contribution >= 4 is 43.4 Å². The maximum absolute atomic E-state index is 12.9. The molecule has 0 aliphatic heterocycles. The zero-order chi connectivity index (χ0) is 24.0. The van der Waals surface area contributed by atoms with E-state index in [1.807, 2.05) is 30.5 Å². The molecule has 1 aliphatic carbocycles. The van der Waals surface area contributed by atoms with Crippen LogP contribution in [0.1, 0.15) is 19.3 Å². The van der Waals surface area contributed by atoms with Gasteiger partial charge in [-0.25, -0.2) is 13.4 Å². The molecule has 5 aromatic rings. The van der Waals surface area contributed by atoms with Crippen LogP contribution in [-0.2, 0) is 16.4 Å². The normalized spacial score (nSPS) is 14.1. The van der Waals surface area contributed by atoms with Crippen molar-refractivity contribution in [3.63, 3.8) is 0 Å². The Bertz CT molecular complexity index is 1640. The van der Waals surface area contributed by atoms with Crippen LogP contribution < -0.4 is 4.74 Å². The predicted molar refractivity (Wildman–Crippen MR) is 134 cm³/mol. The molecular formula is C25H22ClN5O3S. The van der Waals surface area contributed by atoms with Crippen LogP contribution in [0, 0.1) is 0 Å². The lowest BCUT2D eigenvalue weighted by molar-refractivity contribution is 0.300. The van der Waals surface area contributed by atoms with Gasteiger partial charge in [-0.1, -0.05) is 28.9 Å². The van der Waals surface area contributed by atoms with E-state index >= 15 is 0 Å². The molecule has 1 N–H and O–H groups in total. The molecule has 2 aromatic carbocycles. The van der Waals surface area contributed by atoms with Crippen LogP contribution in [0.4, 0.5) is 0 Å². The van der Waals surface area contributed by atoms with Crippen LogP contribution in [0.3, 0.4) is 0 Å². The second-order valence-electron chi connectivity index (χ2n) is 8.68. The minimum atomic E-state index is -3.30. The molecular weight excluding hydrogens is 486 g/mol. The predicted octanol–water partition coefficient (Wildman–Crippen LogP) is 5.03. The molecule has 0 saturated heterocycles. The summed E-state index contributed by atoms with van der Waals surface area (Å²) in [6, 6.07) is 12.9. The van der Waals surface area contributed by atoms with Gasteiger partial charge in [0.15, 0.2) is 9.84 Å². The first-order valence-electron chi connectivity index (χ1n) is 11.4. The number of halogens is 1. The van der Waals surface area contributed by atoms with Crippen LogP contribution in [0.15, 0.2) is 66.0 Å². The van der Waals surface area contributed by atoms with Crippen LogP contribution in [0.25, 0.3) is 33.1 Å². The fraction of sp³-hybridized carbons (Fsp3) is 0.240. The Morgan fingerprint density at radius 3 is 2.86 bits per heavy atom. The van der Waals surface area contributed by atoms with Gasteiger partial charge in [0, 0.05) is 36.1 Å². The van der Waals surface area contributed by atoms with Crippen molar-refractivity contribution in [2.24, 2.45) is 0 Å². The number of benzene rings is 2. The van der Waals surface area contributed by atoms with Gasteiger partial charge in [-0.2, -0.15) is 0 Å². The number of nitrogens with zero attached hydrogens (tertiary/aromatic N) is 4. The first-order chi connectivity index (χ1) is 17.0. The summed E-state index contributed by atoms with van der Waals surface area (Å²) in [6.45, 7) is 1.19. The molecule has 0 unspecified atom stereocenters. The first-order valence-corrected chi connectivity index (χ1v) is 13.3. The van der Waals surface area contributed by atoms with E-state index in [-0.39, 0.29) is 5.25 Å². The Balaban J connectivity index is 1.41. The van der Waals surface area contributed by atoms with Crippen molar-refractivity contribution in [3.8, 4) is 16.9 Å². The monoisotopic (exact) mass is 507 g/mol. The molecule has 178 valence electrons.